The van der Waals surface area contributed by atoms with Crippen LogP contribution in [0.2, 0.25) is 4.34 Å². The average molecular weight is 396 g/mol. The van der Waals surface area contributed by atoms with E-state index in [1.807, 2.05) is 37.3 Å². The number of amides is 1. The lowest BCUT2D eigenvalue weighted by molar-refractivity contribution is -0.208. The summed E-state index contributed by atoms with van der Waals surface area (Å²) in [6.07, 6.45) is 2.30. The zero-order valence-corrected chi connectivity index (χ0v) is 16.1. The Kier molecular flexibility index (Phi) is 6.32. The maximum Gasteiger partial charge on any atom is 0.280 e. The monoisotopic (exact) mass is 395 g/mol. The van der Waals surface area contributed by atoms with Crippen LogP contribution in [0.3, 0.4) is 0 Å². The van der Waals surface area contributed by atoms with Crippen molar-refractivity contribution in [3.8, 4) is 0 Å². The molecule has 2 atom stereocenters. The molecule has 0 radical (unpaired) electrons. The molecule has 2 aromatic rings. The van der Waals surface area contributed by atoms with Gasteiger partial charge < -0.3 is 9.84 Å². The van der Waals surface area contributed by atoms with Gasteiger partial charge in [0.25, 0.3) is 5.91 Å². The number of carbonyl (C=O) groups is 1. The van der Waals surface area contributed by atoms with Crippen LogP contribution in [-0.4, -0.2) is 23.9 Å². The fourth-order valence-electron chi connectivity index (χ4n) is 3.05. The fraction of sp³-hybridized carbons (Fsp3) is 0.421. The van der Waals surface area contributed by atoms with Gasteiger partial charge in [-0.25, -0.2) is 10.3 Å². The summed E-state index contributed by atoms with van der Waals surface area (Å²) < 4.78 is 5.98. The number of nitrogens with one attached hydrogen (secondary N) is 1. The molecular weight excluding hydrogens is 374 g/mol. The van der Waals surface area contributed by atoms with Crippen molar-refractivity contribution in [2.45, 2.75) is 44.5 Å². The molecule has 1 aliphatic heterocycles. The van der Waals surface area contributed by atoms with E-state index in [-0.39, 0.29) is 6.42 Å². The van der Waals surface area contributed by atoms with Gasteiger partial charge in [-0.1, -0.05) is 41.9 Å². The molecule has 26 heavy (non-hydrogen) atoms. The molecule has 1 fully saturated rings. The van der Waals surface area contributed by atoms with Crippen LogP contribution in [0.25, 0.3) is 0 Å². The Morgan fingerprint density at radius 3 is 2.81 bits per heavy atom. The Morgan fingerprint density at radius 2 is 2.19 bits per heavy atom. The van der Waals surface area contributed by atoms with E-state index in [1.165, 1.54) is 11.3 Å². The molecule has 1 amide bonds. The van der Waals surface area contributed by atoms with Gasteiger partial charge in [-0.3, -0.25) is 4.79 Å². The third-order valence-corrected chi connectivity index (χ3v) is 5.61. The van der Waals surface area contributed by atoms with Crippen LogP contribution in [0.4, 0.5) is 0 Å². The molecular formula is C19H22ClNO4S. The molecule has 5 nitrogen and oxygen atoms in total. The topological polar surface area (TPSA) is 67.8 Å². The van der Waals surface area contributed by atoms with Crippen molar-refractivity contribution in [3.05, 3.63) is 56.7 Å². The van der Waals surface area contributed by atoms with Crippen molar-refractivity contribution in [2.24, 2.45) is 0 Å². The smallest absolute Gasteiger partial charge is 0.280 e. The number of hydrogen-bond donors (Lipinski definition) is 2. The number of aliphatic hydroxyl groups is 1. The summed E-state index contributed by atoms with van der Waals surface area (Å²) in [5.41, 5.74) is 1.93. The quantitative estimate of drug-likeness (QED) is 0.731. The van der Waals surface area contributed by atoms with E-state index in [2.05, 4.69) is 5.48 Å². The zero-order valence-electron chi connectivity index (χ0n) is 14.5. The second kappa shape index (κ2) is 8.50. The summed E-state index contributed by atoms with van der Waals surface area (Å²) in [5.74, 6) is -0.631. The molecule has 2 N–H and O–H groups in total. The van der Waals surface area contributed by atoms with Gasteiger partial charge in [-0.15, -0.1) is 11.3 Å². The zero-order chi connectivity index (χ0) is 18.6. The molecule has 1 aliphatic rings. The predicted octanol–water partition coefficient (Wildman–Crippen LogP) is 3.71. The summed E-state index contributed by atoms with van der Waals surface area (Å²) in [5, 5.41) is 11.3. The lowest BCUT2D eigenvalue weighted by Crippen LogP contribution is -2.47. The van der Waals surface area contributed by atoms with E-state index in [0.29, 0.717) is 22.9 Å². The van der Waals surface area contributed by atoms with Crippen LogP contribution in [0, 0.1) is 6.92 Å². The number of hydrogen-bond acceptors (Lipinski definition) is 5. The third kappa shape index (κ3) is 4.45. The minimum absolute atomic E-state index is 0.114. The van der Waals surface area contributed by atoms with Gasteiger partial charge in [0.1, 0.15) is 0 Å². The molecule has 1 aromatic carbocycles. The number of thiophene rings is 1. The van der Waals surface area contributed by atoms with Gasteiger partial charge in [0.05, 0.1) is 4.34 Å². The second-order valence-corrected chi connectivity index (χ2v) is 8.28. The van der Waals surface area contributed by atoms with Crippen molar-refractivity contribution in [3.63, 3.8) is 0 Å². The number of halogens is 1. The van der Waals surface area contributed by atoms with Gasteiger partial charge in [-0.2, -0.15) is 0 Å². The minimum Gasteiger partial charge on any atom is -0.375 e. The number of carbonyl (C=O) groups excluding carboxylic acids is 1. The molecule has 0 spiro atoms. The molecule has 1 aromatic heterocycles. The molecule has 2 unspecified atom stereocenters. The number of ether oxygens (including phenoxy) is 1. The minimum atomic E-state index is -1.79. The SMILES string of the molecule is Cc1sc(Cl)cc1C(O)(Cc1ccccc1)C(=O)NOC1CCCCO1. The molecule has 0 aliphatic carbocycles. The highest BCUT2D eigenvalue weighted by atomic mass is 35.5. The van der Waals surface area contributed by atoms with E-state index in [4.69, 9.17) is 21.2 Å². The molecule has 3 rings (SSSR count). The van der Waals surface area contributed by atoms with E-state index in [9.17, 15) is 9.90 Å². The number of hydroxylamine groups is 1. The van der Waals surface area contributed by atoms with Crippen molar-refractivity contribution in [1.82, 2.24) is 5.48 Å². The number of aryl methyl sites for hydroxylation is 1. The normalized spacial score (nSPS) is 19.7. The standard InChI is InChI=1S/C19H22ClNO4S/c1-13-15(11-16(20)26-13)19(23,12-14-7-3-2-4-8-14)18(22)21-25-17-9-5-6-10-24-17/h2-4,7-8,11,17,23H,5-6,9-10,12H2,1H3,(H,21,22). The largest absolute Gasteiger partial charge is 0.375 e. The summed E-state index contributed by atoms with van der Waals surface area (Å²) in [6.45, 7) is 2.44. The van der Waals surface area contributed by atoms with Gasteiger partial charge in [0, 0.05) is 29.9 Å². The molecule has 140 valence electrons. The lowest BCUT2D eigenvalue weighted by Gasteiger charge is -2.29. The average Bonchev–Trinajstić information content (AvgIpc) is 3.00. The molecule has 2 heterocycles. The van der Waals surface area contributed by atoms with Crippen LogP contribution in [0.1, 0.15) is 35.3 Å². The maximum atomic E-state index is 12.9. The first-order valence-electron chi connectivity index (χ1n) is 8.59. The first-order valence-corrected chi connectivity index (χ1v) is 9.79. The summed E-state index contributed by atoms with van der Waals surface area (Å²) in [7, 11) is 0. The van der Waals surface area contributed by atoms with Crippen molar-refractivity contribution >= 4 is 28.8 Å². The van der Waals surface area contributed by atoms with E-state index in [0.717, 1.165) is 23.3 Å². The summed E-state index contributed by atoms with van der Waals surface area (Å²) in [4.78, 5) is 19.1. The van der Waals surface area contributed by atoms with Crippen molar-refractivity contribution in [1.29, 1.82) is 0 Å². The van der Waals surface area contributed by atoms with E-state index >= 15 is 0 Å². The Balaban J connectivity index is 1.82. The first kappa shape index (κ1) is 19.3. The van der Waals surface area contributed by atoms with Crippen molar-refractivity contribution < 1.29 is 19.5 Å². The van der Waals surface area contributed by atoms with Gasteiger partial charge in [0.2, 0.25) is 0 Å². The Bertz CT molecular complexity index is 745. The Labute approximate surface area is 161 Å². The summed E-state index contributed by atoms with van der Waals surface area (Å²) in [6, 6.07) is 11.0. The second-order valence-electron chi connectivity index (χ2n) is 6.39. The van der Waals surface area contributed by atoms with Crippen LogP contribution in [-0.2, 0) is 26.4 Å². The van der Waals surface area contributed by atoms with Gasteiger partial charge >= 0.3 is 0 Å². The molecule has 7 heteroatoms. The molecule has 0 bridgehead atoms. The molecule has 0 saturated carbocycles. The van der Waals surface area contributed by atoms with Gasteiger partial charge in [0.15, 0.2) is 11.9 Å². The highest BCUT2D eigenvalue weighted by Gasteiger charge is 2.41. The highest BCUT2D eigenvalue weighted by molar-refractivity contribution is 7.16. The maximum absolute atomic E-state index is 12.9. The fourth-order valence-corrected chi connectivity index (χ4v) is 4.32. The number of benzene rings is 1. The summed E-state index contributed by atoms with van der Waals surface area (Å²) >= 11 is 7.43. The highest BCUT2D eigenvalue weighted by Crippen LogP contribution is 2.36. The molecule has 1 saturated heterocycles. The predicted molar refractivity (Wildman–Crippen MR) is 101 cm³/mol. The van der Waals surface area contributed by atoms with Crippen LogP contribution >= 0.6 is 22.9 Å². The first-order chi connectivity index (χ1) is 12.5. The van der Waals surface area contributed by atoms with E-state index in [1.54, 1.807) is 6.07 Å². The van der Waals surface area contributed by atoms with Crippen LogP contribution in [0.15, 0.2) is 36.4 Å². The lowest BCUT2D eigenvalue weighted by atomic mass is 9.87. The van der Waals surface area contributed by atoms with E-state index < -0.39 is 17.8 Å². The van der Waals surface area contributed by atoms with Crippen molar-refractivity contribution in [2.75, 3.05) is 6.61 Å². The Morgan fingerprint density at radius 1 is 1.42 bits per heavy atom. The third-order valence-electron chi connectivity index (χ3n) is 4.43. The van der Waals surface area contributed by atoms with Crippen LogP contribution in [0.5, 0.6) is 0 Å². The van der Waals surface area contributed by atoms with Crippen LogP contribution < -0.4 is 5.48 Å². The number of rotatable bonds is 6. The van der Waals surface area contributed by atoms with Gasteiger partial charge in [-0.05, 0) is 31.4 Å². The Hall–Kier alpha value is -1.44.